The summed E-state index contributed by atoms with van der Waals surface area (Å²) < 4.78 is 2.84. The molecule has 0 bridgehead atoms. The summed E-state index contributed by atoms with van der Waals surface area (Å²) in [5.41, 5.74) is 3.91. The topological polar surface area (TPSA) is 69.8 Å². The fourth-order valence-corrected chi connectivity index (χ4v) is 3.00. The van der Waals surface area contributed by atoms with Gasteiger partial charge in [0.05, 0.1) is 18.1 Å². The van der Waals surface area contributed by atoms with Crippen LogP contribution in [0, 0.1) is 5.41 Å². The molecule has 0 aliphatic carbocycles. The molecule has 0 fully saturated rings. The van der Waals surface area contributed by atoms with Gasteiger partial charge in [-0.2, -0.15) is 10.2 Å². The first kappa shape index (κ1) is 16.4. The Kier molecular flexibility index (Phi) is 3.78. The Morgan fingerprint density at radius 2 is 1.96 bits per heavy atom. The van der Waals surface area contributed by atoms with Gasteiger partial charge in [0.15, 0.2) is 0 Å². The molecule has 2 aromatic rings. The average molecular weight is 326 g/mol. The van der Waals surface area contributed by atoms with Crippen molar-refractivity contribution in [1.82, 2.24) is 19.6 Å². The molecule has 3 rings (SSSR count). The SMILES string of the molecule is CCC1=C(C)Cc2c(-c3cnn(C(=O)C(C)(C)C)c3)cnn2C1=O. The summed E-state index contributed by atoms with van der Waals surface area (Å²) in [4.78, 5) is 24.9. The number of rotatable bonds is 2. The average Bonchev–Trinajstić information content (AvgIpc) is 3.12. The van der Waals surface area contributed by atoms with Crippen LogP contribution in [-0.2, 0) is 6.42 Å². The van der Waals surface area contributed by atoms with Gasteiger partial charge in [0, 0.05) is 34.7 Å². The number of aromatic nitrogens is 4. The summed E-state index contributed by atoms with van der Waals surface area (Å²) in [5.74, 6) is -0.129. The van der Waals surface area contributed by atoms with E-state index in [0.717, 1.165) is 28.0 Å². The zero-order chi connectivity index (χ0) is 17.6. The van der Waals surface area contributed by atoms with Gasteiger partial charge in [-0.15, -0.1) is 0 Å². The van der Waals surface area contributed by atoms with Crippen molar-refractivity contribution >= 4 is 11.8 Å². The Labute approximate surface area is 141 Å². The first-order valence-corrected chi connectivity index (χ1v) is 8.14. The lowest BCUT2D eigenvalue weighted by atomic mass is 9.95. The first-order chi connectivity index (χ1) is 11.2. The van der Waals surface area contributed by atoms with E-state index in [1.807, 2.05) is 34.6 Å². The highest BCUT2D eigenvalue weighted by molar-refractivity contribution is 5.98. The van der Waals surface area contributed by atoms with Crippen LogP contribution in [0.5, 0.6) is 0 Å². The van der Waals surface area contributed by atoms with E-state index in [9.17, 15) is 9.59 Å². The van der Waals surface area contributed by atoms with E-state index in [1.54, 1.807) is 18.6 Å². The van der Waals surface area contributed by atoms with Gasteiger partial charge in [0.1, 0.15) is 0 Å². The maximum absolute atomic E-state index is 12.5. The third-order valence-electron chi connectivity index (χ3n) is 4.36. The molecule has 6 heteroatoms. The molecule has 0 saturated carbocycles. The molecule has 1 aliphatic rings. The summed E-state index contributed by atoms with van der Waals surface area (Å²) in [6.45, 7) is 9.55. The van der Waals surface area contributed by atoms with Crippen LogP contribution in [0.1, 0.15) is 56.3 Å². The predicted molar refractivity (Wildman–Crippen MR) is 90.9 cm³/mol. The maximum atomic E-state index is 12.5. The summed E-state index contributed by atoms with van der Waals surface area (Å²) in [6.07, 6.45) is 6.44. The quantitative estimate of drug-likeness (QED) is 0.848. The molecule has 0 atom stereocenters. The second-order valence-electron chi connectivity index (χ2n) is 7.24. The summed E-state index contributed by atoms with van der Waals surface area (Å²) >= 11 is 0. The lowest BCUT2D eigenvalue weighted by Crippen LogP contribution is -2.26. The number of carbonyl (C=O) groups excluding carboxylic acids is 2. The Balaban J connectivity index is 2.00. The van der Waals surface area contributed by atoms with Crippen molar-refractivity contribution in [3.8, 4) is 11.1 Å². The molecule has 0 N–H and O–H groups in total. The minimum atomic E-state index is -0.507. The van der Waals surface area contributed by atoms with Gasteiger partial charge < -0.3 is 0 Å². The van der Waals surface area contributed by atoms with Crippen LogP contribution >= 0.6 is 0 Å². The number of hydrogen-bond donors (Lipinski definition) is 0. The fourth-order valence-electron chi connectivity index (χ4n) is 3.00. The standard InChI is InChI=1S/C18H22N4O2/c1-6-13-11(2)7-15-14(9-20-22(15)16(13)23)12-8-19-21(10-12)17(24)18(3,4)5/h8-10H,6-7H2,1-5H3. The highest BCUT2D eigenvalue weighted by Crippen LogP contribution is 2.31. The van der Waals surface area contributed by atoms with Gasteiger partial charge in [0.2, 0.25) is 0 Å². The van der Waals surface area contributed by atoms with E-state index in [1.165, 1.54) is 9.36 Å². The molecular weight excluding hydrogens is 304 g/mol. The van der Waals surface area contributed by atoms with E-state index in [-0.39, 0.29) is 11.8 Å². The second-order valence-corrected chi connectivity index (χ2v) is 7.24. The predicted octanol–water partition coefficient (Wildman–Crippen LogP) is 3.36. The monoisotopic (exact) mass is 326 g/mol. The molecule has 0 spiro atoms. The van der Waals surface area contributed by atoms with Crippen molar-refractivity contribution < 1.29 is 9.59 Å². The van der Waals surface area contributed by atoms with Crippen LogP contribution in [0.3, 0.4) is 0 Å². The largest absolute Gasteiger partial charge is 0.274 e. The molecule has 0 aromatic carbocycles. The zero-order valence-corrected chi connectivity index (χ0v) is 14.8. The normalized spacial score (nSPS) is 15.0. The Bertz CT molecular complexity index is 862. The van der Waals surface area contributed by atoms with E-state index in [4.69, 9.17) is 0 Å². The first-order valence-electron chi connectivity index (χ1n) is 8.14. The summed E-state index contributed by atoms with van der Waals surface area (Å²) in [5, 5.41) is 8.45. The van der Waals surface area contributed by atoms with E-state index >= 15 is 0 Å². The van der Waals surface area contributed by atoms with Gasteiger partial charge in [-0.25, -0.2) is 9.36 Å². The molecule has 1 aliphatic heterocycles. The van der Waals surface area contributed by atoms with Crippen LogP contribution in [0.25, 0.3) is 11.1 Å². The molecule has 6 nitrogen and oxygen atoms in total. The van der Waals surface area contributed by atoms with Crippen LogP contribution in [0.2, 0.25) is 0 Å². The van der Waals surface area contributed by atoms with Crippen LogP contribution in [-0.4, -0.2) is 31.4 Å². The van der Waals surface area contributed by atoms with Crippen LogP contribution in [0.4, 0.5) is 0 Å². The van der Waals surface area contributed by atoms with Gasteiger partial charge in [-0.05, 0) is 13.3 Å². The molecule has 3 heterocycles. The Hall–Kier alpha value is -2.50. The minimum absolute atomic E-state index is 0.0549. The third kappa shape index (κ3) is 2.52. The highest BCUT2D eigenvalue weighted by atomic mass is 16.2. The molecular formula is C18H22N4O2. The lowest BCUT2D eigenvalue weighted by molar-refractivity contribution is 0.0748. The zero-order valence-electron chi connectivity index (χ0n) is 14.8. The number of hydrogen-bond acceptors (Lipinski definition) is 4. The highest BCUT2D eigenvalue weighted by Gasteiger charge is 2.28. The van der Waals surface area contributed by atoms with Crippen molar-refractivity contribution in [3.05, 3.63) is 35.4 Å². The molecule has 0 amide bonds. The van der Waals surface area contributed by atoms with Gasteiger partial charge in [0.25, 0.3) is 11.8 Å². The van der Waals surface area contributed by atoms with Crippen molar-refractivity contribution in [2.24, 2.45) is 5.41 Å². The molecule has 0 saturated heterocycles. The van der Waals surface area contributed by atoms with Crippen molar-refractivity contribution in [2.45, 2.75) is 47.5 Å². The fraction of sp³-hybridized carbons (Fsp3) is 0.444. The van der Waals surface area contributed by atoms with E-state index in [0.29, 0.717) is 12.8 Å². The number of allylic oxidation sites excluding steroid dienone is 2. The summed E-state index contributed by atoms with van der Waals surface area (Å²) in [6, 6.07) is 0. The van der Waals surface area contributed by atoms with Crippen molar-refractivity contribution in [1.29, 1.82) is 0 Å². The molecule has 24 heavy (non-hydrogen) atoms. The lowest BCUT2D eigenvalue weighted by Gasteiger charge is -2.18. The Morgan fingerprint density at radius 3 is 2.58 bits per heavy atom. The molecule has 126 valence electrons. The maximum Gasteiger partial charge on any atom is 0.274 e. The minimum Gasteiger partial charge on any atom is -0.272 e. The molecule has 0 radical (unpaired) electrons. The second kappa shape index (κ2) is 5.54. The molecule has 0 unspecified atom stereocenters. The number of carbonyl (C=O) groups is 2. The number of nitrogens with zero attached hydrogens (tertiary/aromatic N) is 4. The van der Waals surface area contributed by atoms with Gasteiger partial charge in [-0.3, -0.25) is 9.59 Å². The molecule has 2 aromatic heterocycles. The van der Waals surface area contributed by atoms with Crippen LogP contribution in [0.15, 0.2) is 29.7 Å². The Morgan fingerprint density at radius 1 is 1.25 bits per heavy atom. The number of fused-ring (bicyclic) bond motifs is 1. The summed E-state index contributed by atoms with van der Waals surface area (Å²) in [7, 11) is 0. The van der Waals surface area contributed by atoms with Crippen LogP contribution < -0.4 is 0 Å². The van der Waals surface area contributed by atoms with Crippen molar-refractivity contribution in [3.63, 3.8) is 0 Å². The smallest absolute Gasteiger partial charge is 0.272 e. The van der Waals surface area contributed by atoms with E-state index < -0.39 is 5.41 Å². The third-order valence-corrected chi connectivity index (χ3v) is 4.36. The van der Waals surface area contributed by atoms with Gasteiger partial charge in [-0.1, -0.05) is 33.3 Å². The van der Waals surface area contributed by atoms with Crippen molar-refractivity contribution in [2.75, 3.05) is 0 Å². The van der Waals surface area contributed by atoms with Gasteiger partial charge >= 0.3 is 0 Å². The van der Waals surface area contributed by atoms with E-state index in [2.05, 4.69) is 10.2 Å².